The van der Waals surface area contributed by atoms with Gasteiger partial charge in [0.2, 0.25) is 5.91 Å². The number of rotatable bonds is 7. The van der Waals surface area contributed by atoms with Gasteiger partial charge in [-0.3, -0.25) is 9.59 Å². The van der Waals surface area contributed by atoms with Crippen molar-refractivity contribution in [2.75, 3.05) is 42.1 Å². The number of ether oxygens (including phenoxy) is 5. The summed E-state index contributed by atoms with van der Waals surface area (Å²) in [4.78, 5) is 26.7. The Morgan fingerprint density at radius 3 is 2.18 bits per heavy atom. The summed E-state index contributed by atoms with van der Waals surface area (Å²) >= 11 is 0. The van der Waals surface area contributed by atoms with E-state index in [1.807, 2.05) is 23.1 Å². The van der Waals surface area contributed by atoms with Gasteiger partial charge in [0.05, 0.1) is 48.0 Å². The van der Waals surface area contributed by atoms with E-state index in [0.717, 1.165) is 27.8 Å². The summed E-state index contributed by atoms with van der Waals surface area (Å²) in [7, 11) is 7.78. The Bertz CT molecular complexity index is 1090. The summed E-state index contributed by atoms with van der Waals surface area (Å²) < 4.78 is 27.3. The molecule has 176 valence electrons. The van der Waals surface area contributed by atoms with Gasteiger partial charge in [-0.15, -0.1) is 0 Å². The quantitative estimate of drug-likeness (QED) is 0.592. The van der Waals surface area contributed by atoms with Crippen LogP contribution in [-0.2, 0) is 27.2 Å². The Labute approximate surface area is 193 Å². The Morgan fingerprint density at radius 1 is 0.879 bits per heavy atom. The molecule has 1 atom stereocenters. The first-order valence-corrected chi connectivity index (χ1v) is 10.9. The van der Waals surface area contributed by atoms with Crippen molar-refractivity contribution in [1.29, 1.82) is 0 Å². The van der Waals surface area contributed by atoms with Crippen molar-refractivity contribution in [2.45, 2.75) is 31.7 Å². The Hall–Kier alpha value is -3.42. The normalized spacial score (nSPS) is 15.8. The van der Waals surface area contributed by atoms with Crippen molar-refractivity contribution in [2.24, 2.45) is 0 Å². The molecule has 0 unspecified atom stereocenters. The minimum absolute atomic E-state index is 0.0613. The molecular weight excluding hydrogens is 426 g/mol. The second kappa shape index (κ2) is 9.21. The number of nitrogens with zero attached hydrogens (tertiary/aromatic N) is 1. The van der Waals surface area contributed by atoms with Crippen LogP contribution in [0.3, 0.4) is 0 Å². The number of methoxy groups -OCH3 is 5. The largest absolute Gasteiger partial charge is 0.493 e. The molecule has 1 amide bonds. The van der Waals surface area contributed by atoms with Crippen LogP contribution in [0.5, 0.6) is 23.0 Å². The van der Waals surface area contributed by atoms with Crippen molar-refractivity contribution >= 4 is 11.9 Å². The Kier molecular flexibility index (Phi) is 6.35. The second-order valence-electron chi connectivity index (χ2n) is 8.06. The van der Waals surface area contributed by atoms with Crippen LogP contribution < -0.4 is 18.9 Å². The van der Waals surface area contributed by atoms with Crippen molar-refractivity contribution in [3.8, 4) is 34.1 Å². The van der Waals surface area contributed by atoms with E-state index >= 15 is 0 Å². The minimum atomic E-state index is -0.390. The van der Waals surface area contributed by atoms with Crippen LogP contribution in [0.25, 0.3) is 11.1 Å². The van der Waals surface area contributed by atoms with E-state index in [2.05, 4.69) is 0 Å². The maximum absolute atomic E-state index is 13.2. The van der Waals surface area contributed by atoms with Gasteiger partial charge in [0.15, 0.2) is 23.0 Å². The fourth-order valence-electron chi connectivity index (χ4n) is 4.97. The number of benzene rings is 2. The summed E-state index contributed by atoms with van der Waals surface area (Å²) in [6.45, 7) is 0.565. The molecule has 1 aliphatic carbocycles. The molecule has 4 rings (SSSR count). The van der Waals surface area contributed by atoms with E-state index in [9.17, 15) is 9.59 Å². The van der Waals surface area contributed by atoms with Gasteiger partial charge >= 0.3 is 5.97 Å². The van der Waals surface area contributed by atoms with Gasteiger partial charge in [-0.25, -0.2) is 0 Å². The number of carbonyl (C=O) groups excluding carboxylic acids is 2. The van der Waals surface area contributed by atoms with E-state index in [-0.39, 0.29) is 24.8 Å². The van der Waals surface area contributed by atoms with E-state index in [1.165, 1.54) is 7.11 Å². The Morgan fingerprint density at radius 2 is 1.55 bits per heavy atom. The first-order valence-electron chi connectivity index (χ1n) is 10.9. The molecule has 1 heterocycles. The monoisotopic (exact) mass is 455 g/mol. The number of amides is 1. The highest BCUT2D eigenvalue weighted by molar-refractivity contribution is 5.87. The van der Waals surface area contributed by atoms with E-state index in [4.69, 9.17) is 23.7 Å². The molecule has 2 aliphatic rings. The lowest BCUT2D eigenvalue weighted by atomic mass is 9.76. The van der Waals surface area contributed by atoms with Crippen molar-refractivity contribution < 1.29 is 33.3 Å². The molecule has 0 fully saturated rings. The van der Waals surface area contributed by atoms with Gasteiger partial charge in [0.1, 0.15) is 0 Å². The van der Waals surface area contributed by atoms with Gasteiger partial charge in [-0.05, 0) is 53.3 Å². The third kappa shape index (κ3) is 3.83. The molecule has 2 aromatic carbocycles. The van der Waals surface area contributed by atoms with Crippen molar-refractivity contribution in [1.82, 2.24) is 4.90 Å². The Balaban J connectivity index is 1.88. The average Bonchev–Trinajstić information content (AvgIpc) is 2.85. The predicted octanol–water partition coefficient (Wildman–Crippen LogP) is 3.32. The van der Waals surface area contributed by atoms with Gasteiger partial charge in [0, 0.05) is 18.5 Å². The summed E-state index contributed by atoms with van der Waals surface area (Å²) in [6.07, 6.45) is 1.48. The molecule has 33 heavy (non-hydrogen) atoms. The maximum Gasteiger partial charge on any atom is 0.306 e. The van der Waals surface area contributed by atoms with E-state index in [0.29, 0.717) is 42.4 Å². The molecule has 0 N–H and O–H groups in total. The van der Waals surface area contributed by atoms with Crippen LogP contribution in [0, 0.1) is 0 Å². The lowest BCUT2D eigenvalue weighted by Gasteiger charge is -2.42. The van der Waals surface area contributed by atoms with Crippen molar-refractivity contribution in [3.05, 3.63) is 34.9 Å². The number of fused-ring (bicyclic) bond motifs is 2. The van der Waals surface area contributed by atoms with Crippen LogP contribution in [0.1, 0.15) is 35.6 Å². The highest BCUT2D eigenvalue weighted by Gasteiger charge is 2.39. The van der Waals surface area contributed by atoms with Crippen LogP contribution in [0.2, 0.25) is 0 Å². The molecule has 0 bridgehead atoms. The zero-order valence-electron chi connectivity index (χ0n) is 19.6. The topological polar surface area (TPSA) is 83.5 Å². The molecule has 8 nitrogen and oxygen atoms in total. The fourth-order valence-corrected chi connectivity index (χ4v) is 4.97. The summed E-state index contributed by atoms with van der Waals surface area (Å²) in [5.74, 6) is 2.06. The molecule has 1 aliphatic heterocycles. The van der Waals surface area contributed by atoms with Crippen LogP contribution in [0.4, 0.5) is 0 Å². The molecule has 8 heteroatoms. The van der Waals surface area contributed by atoms with E-state index < -0.39 is 5.97 Å². The zero-order valence-corrected chi connectivity index (χ0v) is 19.6. The van der Waals surface area contributed by atoms with E-state index in [1.54, 1.807) is 28.4 Å². The molecule has 2 aromatic rings. The lowest BCUT2D eigenvalue weighted by molar-refractivity contribution is -0.144. The fraction of sp³-hybridized carbons (Fsp3) is 0.440. The second-order valence-corrected chi connectivity index (χ2v) is 8.06. The first kappa shape index (κ1) is 22.8. The molecular formula is C25H29NO7. The van der Waals surface area contributed by atoms with Gasteiger partial charge in [-0.2, -0.15) is 0 Å². The number of hydrogen-bond donors (Lipinski definition) is 0. The van der Waals surface area contributed by atoms with Crippen LogP contribution in [-0.4, -0.2) is 58.9 Å². The minimum Gasteiger partial charge on any atom is -0.493 e. The average molecular weight is 456 g/mol. The highest BCUT2D eigenvalue weighted by Crippen LogP contribution is 2.54. The molecule has 0 saturated carbocycles. The lowest BCUT2D eigenvalue weighted by Crippen LogP contribution is -2.42. The summed E-state index contributed by atoms with van der Waals surface area (Å²) in [6, 6.07) is 5.74. The SMILES string of the molecule is COC(=O)CCC(=O)N1CCc2cc(OC)c(OC)c3c2[C@@H]1Cc1cc(OC)c(OC)cc1-3. The zero-order chi connectivity index (χ0) is 23.7. The number of esters is 1. The van der Waals surface area contributed by atoms with Crippen LogP contribution >= 0.6 is 0 Å². The summed E-state index contributed by atoms with van der Waals surface area (Å²) in [5, 5.41) is 0. The number of hydrogen-bond acceptors (Lipinski definition) is 7. The van der Waals surface area contributed by atoms with Gasteiger partial charge in [0.25, 0.3) is 0 Å². The first-order chi connectivity index (χ1) is 16.0. The van der Waals surface area contributed by atoms with Crippen LogP contribution in [0.15, 0.2) is 18.2 Å². The summed E-state index contributed by atoms with van der Waals surface area (Å²) in [5.41, 5.74) is 5.09. The molecule has 0 saturated heterocycles. The number of carbonyl (C=O) groups is 2. The van der Waals surface area contributed by atoms with Crippen molar-refractivity contribution in [3.63, 3.8) is 0 Å². The third-order valence-electron chi connectivity index (χ3n) is 6.51. The maximum atomic E-state index is 13.2. The smallest absolute Gasteiger partial charge is 0.306 e. The standard InChI is InChI=1S/C25H29NO7/c1-29-18-12-15-10-17-23-14(8-9-26(17)21(27)6-7-22(28)32-4)11-20(31-3)25(33-5)24(23)16(15)13-19(18)30-2/h11-13,17H,6-10H2,1-5H3/t17-/m0/s1. The third-order valence-corrected chi connectivity index (χ3v) is 6.51. The van der Waals surface area contributed by atoms with Gasteiger partial charge in [-0.1, -0.05) is 0 Å². The molecule has 0 radical (unpaired) electrons. The molecule has 0 spiro atoms. The van der Waals surface area contributed by atoms with Gasteiger partial charge < -0.3 is 28.6 Å². The predicted molar refractivity (Wildman–Crippen MR) is 121 cm³/mol. The molecule has 0 aromatic heterocycles. The highest BCUT2D eigenvalue weighted by atomic mass is 16.5.